The van der Waals surface area contributed by atoms with E-state index >= 15 is 0 Å². The predicted molar refractivity (Wildman–Crippen MR) is 140 cm³/mol. The Balaban J connectivity index is 1.58. The first-order valence-corrected chi connectivity index (χ1v) is 13.3. The van der Waals surface area contributed by atoms with Crippen molar-refractivity contribution >= 4 is 27.3 Å². The summed E-state index contributed by atoms with van der Waals surface area (Å²) in [5.74, 6) is 0.0609. The molecule has 37 heavy (non-hydrogen) atoms. The first-order chi connectivity index (χ1) is 17.7. The number of rotatable bonds is 8. The van der Waals surface area contributed by atoms with Gasteiger partial charge in [0, 0.05) is 26.2 Å². The van der Waals surface area contributed by atoms with Crippen LogP contribution in [0.5, 0.6) is 11.5 Å². The molecule has 196 valence electrons. The first kappa shape index (κ1) is 26.3. The van der Waals surface area contributed by atoms with E-state index in [0.29, 0.717) is 26.2 Å². The Morgan fingerprint density at radius 2 is 1.57 bits per heavy atom. The summed E-state index contributed by atoms with van der Waals surface area (Å²) in [6.45, 7) is 3.32. The van der Waals surface area contributed by atoms with Crippen molar-refractivity contribution in [3.8, 4) is 11.5 Å². The van der Waals surface area contributed by atoms with Crippen LogP contribution < -0.4 is 18.7 Å². The molecule has 4 rings (SSSR count). The maximum absolute atomic E-state index is 13.8. The topological polar surface area (TPSA) is 79.4 Å². The average molecular weight is 528 g/mol. The number of carbonyl (C=O) groups is 1. The fourth-order valence-electron chi connectivity index (χ4n) is 4.34. The summed E-state index contributed by atoms with van der Waals surface area (Å²) >= 11 is 0. The number of hydrogen-bond donors (Lipinski definition) is 0. The van der Waals surface area contributed by atoms with Crippen molar-refractivity contribution in [3.63, 3.8) is 0 Å². The van der Waals surface area contributed by atoms with Crippen LogP contribution in [0.4, 0.5) is 15.8 Å². The van der Waals surface area contributed by atoms with Crippen molar-refractivity contribution in [2.45, 2.75) is 11.8 Å². The van der Waals surface area contributed by atoms with Gasteiger partial charge in [0.15, 0.2) is 0 Å². The molecule has 0 N–H and O–H groups in total. The third-order valence-electron chi connectivity index (χ3n) is 6.34. The number of methoxy groups -OCH3 is 2. The van der Waals surface area contributed by atoms with Gasteiger partial charge in [0.25, 0.3) is 10.0 Å². The van der Waals surface area contributed by atoms with E-state index in [2.05, 4.69) is 4.90 Å². The van der Waals surface area contributed by atoms with E-state index in [9.17, 15) is 17.6 Å². The summed E-state index contributed by atoms with van der Waals surface area (Å²) in [5.41, 5.74) is 1.85. The van der Waals surface area contributed by atoms with Gasteiger partial charge in [-0.15, -0.1) is 0 Å². The number of aryl methyl sites for hydroxylation is 1. The van der Waals surface area contributed by atoms with Gasteiger partial charge in [0.1, 0.15) is 28.8 Å². The molecule has 3 aromatic rings. The average Bonchev–Trinajstić information content (AvgIpc) is 2.92. The number of piperazine rings is 1. The van der Waals surface area contributed by atoms with E-state index < -0.39 is 22.4 Å². The van der Waals surface area contributed by atoms with E-state index in [-0.39, 0.29) is 22.2 Å². The van der Waals surface area contributed by atoms with Crippen molar-refractivity contribution in [1.29, 1.82) is 0 Å². The highest BCUT2D eigenvalue weighted by Crippen LogP contribution is 2.32. The minimum absolute atomic E-state index is 0.0619. The molecule has 1 fully saturated rings. The van der Waals surface area contributed by atoms with E-state index in [1.165, 1.54) is 37.4 Å². The Bertz CT molecular complexity index is 1360. The number of para-hydroxylation sites is 2. The van der Waals surface area contributed by atoms with Crippen LogP contribution in [0, 0.1) is 12.7 Å². The molecule has 1 heterocycles. The summed E-state index contributed by atoms with van der Waals surface area (Å²) in [7, 11) is -1.21. The number of anilines is 2. The number of ether oxygens (including phenoxy) is 2. The molecule has 0 spiro atoms. The maximum atomic E-state index is 13.8. The van der Waals surface area contributed by atoms with Crippen LogP contribution in [0.2, 0.25) is 0 Å². The number of sulfonamides is 1. The molecule has 0 aliphatic carbocycles. The van der Waals surface area contributed by atoms with Crippen LogP contribution in [0.1, 0.15) is 5.56 Å². The van der Waals surface area contributed by atoms with Gasteiger partial charge in [0.05, 0.1) is 25.6 Å². The van der Waals surface area contributed by atoms with Crippen LogP contribution in [-0.4, -0.2) is 66.2 Å². The molecule has 1 aliphatic rings. The molecular formula is C27H30FN3O5S. The molecule has 1 amide bonds. The van der Waals surface area contributed by atoms with E-state index in [4.69, 9.17) is 9.47 Å². The van der Waals surface area contributed by atoms with E-state index in [1.54, 1.807) is 31.1 Å². The van der Waals surface area contributed by atoms with Crippen molar-refractivity contribution < 1.29 is 27.1 Å². The highest BCUT2D eigenvalue weighted by molar-refractivity contribution is 7.93. The molecule has 3 aromatic carbocycles. The molecule has 0 saturated carbocycles. The second-order valence-corrected chi connectivity index (χ2v) is 10.5. The lowest BCUT2D eigenvalue weighted by Gasteiger charge is -2.37. The predicted octanol–water partition coefficient (Wildman–Crippen LogP) is 3.70. The van der Waals surface area contributed by atoms with Crippen LogP contribution in [0.25, 0.3) is 0 Å². The number of nitrogens with zero attached hydrogens (tertiary/aromatic N) is 3. The monoisotopic (exact) mass is 527 g/mol. The fraction of sp³-hybridized carbons (Fsp3) is 0.296. The molecule has 1 aliphatic heterocycles. The van der Waals surface area contributed by atoms with Crippen LogP contribution >= 0.6 is 0 Å². The Morgan fingerprint density at radius 1 is 0.919 bits per heavy atom. The van der Waals surface area contributed by atoms with Crippen LogP contribution in [0.3, 0.4) is 0 Å². The molecule has 0 aromatic heterocycles. The summed E-state index contributed by atoms with van der Waals surface area (Å²) in [6.07, 6.45) is 0. The third-order valence-corrected chi connectivity index (χ3v) is 8.13. The molecule has 0 atom stereocenters. The summed E-state index contributed by atoms with van der Waals surface area (Å²) < 4.78 is 53.1. The Morgan fingerprint density at radius 3 is 2.22 bits per heavy atom. The fourth-order valence-corrected chi connectivity index (χ4v) is 5.99. The number of benzene rings is 3. The lowest BCUT2D eigenvalue weighted by molar-refractivity contribution is -0.129. The maximum Gasteiger partial charge on any atom is 0.268 e. The van der Waals surface area contributed by atoms with Gasteiger partial charge in [-0.25, -0.2) is 12.8 Å². The van der Waals surface area contributed by atoms with Gasteiger partial charge in [0.2, 0.25) is 5.91 Å². The van der Waals surface area contributed by atoms with Crippen LogP contribution in [-0.2, 0) is 14.8 Å². The van der Waals surface area contributed by atoms with Crippen molar-refractivity contribution in [2.75, 3.05) is 56.1 Å². The second-order valence-electron chi connectivity index (χ2n) is 8.68. The van der Waals surface area contributed by atoms with Crippen molar-refractivity contribution in [3.05, 3.63) is 78.1 Å². The number of hydrogen-bond acceptors (Lipinski definition) is 6. The molecular weight excluding hydrogens is 497 g/mol. The smallest absolute Gasteiger partial charge is 0.268 e. The van der Waals surface area contributed by atoms with Crippen molar-refractivity contribution in [2.24, 2.45) is 0 Å². The van der Waals surface area contributed by atoms with E-state index in [0.717, 1.165) is 21.3 Å². The zero-order valence-electron chi connectivity index (χ0n) is 21.1. The second kappa shape index (κ2) is 11.1. The zero-order chi connectivity index (χ0) is 26.6. The number of halogens is 1. The SMILES string of the molecule is COc1ccccc1N1CCN(C(=O)CN(c2ccc(F)cc2)S(=O)(=O)c2cc(C)ccc2OC)CC1. The van der Waals surface area contributed by atoms with Crippen LogP contribution in [0.15, 0.2) is 71.6 Å². The summed E-state index contributed by atoms with van der Waals surface area (Å²) in [5, 5.41) is 0. The van der Waals surface area contributed by atoms with Gasteiger partial charge < -0.3 is 19.3 Å². The lowest BCUT2D eigenvalue weighted by atomic mass is 10.2. The van der Waals surface area contributed by atoms with Gasteiger partial charge in [-0.1, -0.05) is 18.2 Å². The Kier molecular flexibility index (Phi) is 7.87. The summed E-state index contributed by atoms with van der Waals surface area (Å²) in [4.78, 5) is 17.1. The lowest BCUT2D eigenvalue weighted by Crippen LogP contribution is -2.52. The highest BCUT2D eigenvalue weighted by atomic mass is 32.2. The van der Waals surface area contributed by atoms with Gasteiger partial charge >= 0.3 is 0 Å². The normalized spacial score (nSPS) is 13.8. The minimum Gasteiger partial charge on any atom is -0.495 e. The first-order valence-electron chi connectivity index (χ1n) is 11.8. The molecule has 8 nitrogen and oxygen atoms in total. The minimum atomic E-state index is -4.22. The molecule has 0 unspecified atom stereocenters. The quantitative estimate of drug-likeness (QED) is 0.445. The van der Waals surface area contributed by atoms with Crippen molar-refractivity contribution in [1.82, 2.24) is 4.90 Å². The largest absolute Gasteiger partial charge is 0.495 e. The molecule has 0 bridgehead atoms. The zero-order valence-corrected chi connectivity index (χ0v) is 21.9. The third kappa shape index (κ3) is 5.64. The molecule has 1 saturated heterocycles. The van der Waals surface area contributed by atoms with Gasteiger partial charge in [-0.3, -0.25) is 9.10 Å². The summed E-state index contributed by atoms with van der Waals surface area (Å²) in [6, 6.07) is 17.5. The van der Waals surface area contributed by atoms with E-state index in [1.807, 2.05) is 24.3 Å². The Labute approximate surface area is 216 Å². The van der Waals surface area contributed by atoms with Gasteiger partial charge in [-0.2, -0.15) is 0 Å². The molecule has 10 heteroatoms. The standard InChI is InChI=1S/C27H30FN3O5S/c1-20-8-13-25(36-3)26(18-20)37(33,34)31(22-11-9-21(28)10-12-22)19-27(32)30-16-14-29(15-17-30)23-6-4-5-7-24(23)35-2/h4-13,18H,14-17,19H2,1-3H3. The number of carbonyl (C=O) groups excluding carboxylic acids is 1. The number of amides is 1. The van der Waals surface area contributed by atoms with Gasteiger partial charge in [-0.05, 0) is 61.0 Å². The Hall–Kier alpha value is -3.79. The molecule has 0 radical (unpaired) electrons. The highest BCUT2D eigenvalue weighted by Gasteiger charge is 2.32.